The highest BCUT2D eigenvalue weighted by Gasteiger charge is 2.16. The minimum Gasteiger partial charge on any atom is -0.455 e. The summed E-state index contributed by atoms with van der Waals surface area (Å²) in [6, 6.07) is 10.3. The van der Waals surface area contributed by atoms with E-state index < -0.39 is 10.8 Å². The topological polar surface area (TPSA) is 65.8 Å². The quantitative estimate of drug-likeness (QED) is 0.611. The molecule has 1 amide bonds. The highest BCUT2D eigenvalue weighted by Crippen LogP contribution is 2.22. The second-order valence-electron chi connectivity index (χ2n) is 7.07. The van der Waals surface area contributed by atoms with Gasteiger partial charge in [0, 0.05) is 32.7 Å². The van der Waals surface area contributed by atoms with Gasteiger partial charge in [-0.05, 0) is 43.8 Å². The van der Waals surface area contributed by atoms with Crippen LogP contribution < -0.4 is 5.32 Å². The summed E-state index contributed by atoms with van der Waals surface area (Å²) in [5, 5.41) is 3.36. The number of likely N-dealkylation sites (N-methyl/N-ethyl adjacent to an activating group) is 1. The zero-order valence-corrected chi connectivity index (χ0v) is 18.3. The van der Waals surface area contributed by atoms with E-state index in [-0.39, 0.29) is 17.4 Å². The summed E-state index contributed by atoms with van der Waals surface area (Å²) < 4.78 is 18.1. The van der Waals surface area contributed by atoms with Gasteiger partial charge in [0.2, 0.25) is 0 Å². The summed E-state index contributed by atoms with van der Waals surface area (Å²) in [6.45, 7) is 9.31. The van der Waals surface area contributed by atoms with Gasteiger partial charge in [-0.15, -0.1) is 0 Å². The van der Waals surface area contributed by atoms with Crippen LogP contribution in [0.25, 0.3) is 0 Å². The molecular weight excluding hydrogens is 410 g/mol. The Labute approximate surface area is 179 Å². The smallest absolute Gasteiger partial charge is 0.286 e. The summed E-state index contributed by atoms with van der Waals surface area (Å²) in [5.74, 6) is 0.686. The lowest BCUT2D eigenvalue weighted by Gasteiger charge is -2.33. The number of carbonyl (C=O) groups excluding carboxylic acids is 1. The molecule has 1 aromatic heterocycles. The van der Waals surface area contributed by atoms with Crippen molar-refractivity contribution < 1.29 is 13.4 Å². The standard InChI is InChI=1S/C21H28ClN3O3S/c1-2-24-12-14-25(15-13-24)11-5-10-23-21(26)19-9-8-17(28-19)16-29(27)20-7-4-3-6-18(20)22/h3-4,6-9H,2,5,10-16H2,1H3,(H,23,26). The Morgan fingerprint density at radius 2 is 1.86 bits per heavy atom. The Bertz CT molecular complexity index is 834. The Kier molecular flexibility index (Phi) is 8.29. The maximum atomic E-state index is 12.5. The van der Waals surface area contributed by atoms with Crippen molar-refractivity contribution in [3.05, 3.63) is 52.9 Å². The monoisotopic (exact) mass is 437 g/mol. The van der Waals surface area contributed by atoms with Crippen LogP contribution >= 0.6 is 11.6 Å². The first kappa shape index (κ1) is 22.0. The number of rotatable bonds is 9. The van der Waals surface area contributed by atoms with Gasteiger partial charge in [0.1, 0.15) is 5.76 Å². The average molecular weight is 438 g/mol. The third-order valence-electron chi connectivity index (χ3n) is 5.09. The van der Waals surface area contributed by atoms with Crippen LogP contribution in [0.4, 0.5) is 0 Å². The minimum atomic E-state index is -1.33. The lowest BCUT2D eigenvalue weighted by Crippen LogP contribution is -2.46. The van der Waals surface area contributed by atoms with Crippen molar-refractivity contribution in [3.63, 3.8) is 0 Å². The largest absolute Gasteiger partial charge is 0.455 e. The maximum Gasteiger partial charge on any atom is 0.286 e. The normalized spacial score (nSPS) is 16.6. The summed E-state index contributed by atoms with van der Waals surface area (Å²) in [4.78, 5) is 17.7. The number of hydrogen-bond acceptors (Lipinski definition) is 5. The molecular formula is C21H28ClN3O3S. The molecule has 158 valence electrons. The molecule has 1 fully saturated rings. The fourth-order valence-electron chi connectivity index (χ4n) is 3.33. The molecule has 0 bridgehead atoms. The number of carbonyl (C=O) groups is 1. The molecule has 6 nitrogen and oxygen atoms in total. The van der Waals surface area contributed by atoms with E-state index >= 15 is 0 Å². The van der Waals surface area contributed by atoms with Crippen LogP contribution in [-0.4, -0.2) is 65.7 Å². The van der Waals surface area contributed by atoms with Crippen molar-refractivity contribution in [2.75, 3.05) is 45.8 Å². The third-order valence-corrected chi connectivity index (χ3v) is 6.92. The third kappa shape index (κ3) is 6.40. The highest BCUT2D eigenvalue weighted by atomic mass is 35.5. The summed E-state index contributed by atoms with van der Waals surface area (Å²) in [5.41, 5.74) is 0. The van der Waals surface area contributed by atoms with Gasteiger partial charge in [-0.3, -0.25) is 9.00 Å². The van der Waals surface area contributed by atoms with E-state index in [1.54, 1.807) is 36.4 Å². The van der Waals surface area contributed by atoms with E-state index in [0.29, 0.717) is 22.2 Å². The van der Waals surface area contributed by atoms with Crippen LogP contribution in [0.1, 0.15) is 29.7 Å². The summed E-state index contributed by atoms with van der Waals surface area (Å²) >= 11 is 6.09. The number of nitrogens with one attached hydrogen (secondary N) is 1. The molecule has 1 aliphatic heterocycles. The van der Waals surface area contributed by atoms with E-state index in [9.17, 15) is 9.00 Å². The number of piperazine rings is 1. The lowest BCUT2D eigenvalue weighted by atomic mass is 10.3. The van der Waals surface area contributed by atoms with Gasteiger partial charge in [0.15, 0.2) is 5.76 Å². The number of furan rings is 1. The highest BCUT2D eigenvalue weighted by molar-refractivity contribution is 7.84. The molecule has 1 saturated heterocycles. The number of hydrogen-bond donors (Lipinski definition) is 1. The van der Waals surface area contributed by atoms with E-state index in [4.69, 9.17) is 16.0 Å². The van der Waals surface area contributed by atoms with Crippen molar-refractivity contribution >= 4 is 28.3 Å². The molecule has 2 aromatic rings. The average Bonchev–Trinajstić information content (AvgIpc) is 3.20. The molecule has 0 radical (unpaired) electrons. The van der Waals surface area contributed by atoms with Crippen LogP contribution in [0.15, 0.2) is 45.7 Å². The van der Waals surface area contributed by atoms with Crippen molar-refractivity contribution in [2.24, 2.45) is 0 Å². The van der Waals surface area contributed by atoms with E-state index in [2.05, 4.69) is 22.0 Å². The first-order valence-corrected chi connectivity index (χ1v) is 11.7. The number of benzene rings is 1. The second kappa shape index (κ2) is 10.9. The van der Waals surface area contributed by atoms with Gasteiger partial charge >= 0.3 is 0 Å². The molecule has 1 unspecified atom stereocenters. The lowest BCUT2D eigenvalue weighted by molar-refractivity contribution is 0.0919. The van der Waals surface area contributed by atoms with E-state index in [0.717, 1.165) is 45.7 Å². The molecule has 0 spiro atoms. The van der Waals surface area contributed by atoms with E-state index in [1.807, 2.05) is 0 Å². The van der Waals surface area contributed by atoms with Gasteiger partial charge in [-0.25, -0.2) is 0 Å². The molecule has 8 heteroatoms. The first-order valence-electron chi connectivity index (χ1n) is 10.0. The Balaban J connectivity index is 1.40. The predicted molar refractivity (Wildman–Crippen MR) is 116 cm³/mol. The zero-order chi connectivity index (χ0) is 20.6. The molecule has 1 atom stereocenters. The Morgan fingerprint density at radius 3 is 2.59 bits per heavy atom. The van der Waals surface area contributed by atoms with Crippen LogP contribution in [0.5, 0.6) is 0 Å². The van der Waals surface area contributed by atoms with Crippen LogP contribution in [0.2, 0.25) is 5.02 Å². The molecule has 29 heavy (non-hydrogen) atoms. The van der Waals surface area contributed by atoms with Gasteiger partial charge in [0.25, 0.3) is 5.91 Å². The fraction of sp³-hybridized carbons (Fsp3) is 0.476. The van der Waals surface area contributed by atoms with Crippen molar-refractivity contribution in [2.45, 2.75) is 24.0 Å². The molecule has 1 aliphatic rings. The zero-order valence-electron chi connectivity index (χ0n) is 16.7. The second-order valence-corrected chi connectivity index (χ2v) is 8.90. The Hall–Kier alpha value is -1.67. The molecule has 0 aliphatic carbocycles. The number of nitrogens with zero attached hydrogens (tertiary/aromatic N) is 2. The molecule has 3 rings (SSSR count). The fourth-order valence-corrected chi connectivity index (χ4v) is 4.81. The van der Waals surface area contributed by atoms with Crippen molar-refractivity contribution in [3.8, 4) is 0 Å². The van der Waals surface area contributed by atoms with Gasteiger partial charge in [-0.2, -0.15) is 0 Å². The SMILES string of the molecule is CCN1CCN(CCCNC(=O)c2ccc(CS(=O)c3ccccc3Cl)o2)CC1. The van der Waals surface area contributed by atoms with Gasteiger partial charge < -0.3 is 19.5 Å². The molecule has 1 aromatic carbocycles. The van der Waals surface area contributed by atoms with Crippen molar-refractivity contribution in [1.82, 2.24) is 15.1 Å². The molecule has 1 N–H and O–H groups in total. The van der Waals surface area contributed by atoms with E-state index in [1.165, 1.54) is 0 Å². The first-order chi connectivity index (χ1) is 14.1. The number of amides is 1. The van der Waals surface area contributed by atoms with Crippen LogP contribution in [0.3, 0.4) is 0 Å². The maximum absolute atomic E-state index is 12.5. The van der Waals surface area contributed by atoms with Gasteiger partial charge in [0.05, 0.1) is 26.5 Å². The summed E-state index contributed by atoms with van der Waals surface area (Å²) in [6.07, 6.45) is 0.905. The minimum absolute atomic E-state index is 0.181. The Morgan fingerprint density at radius 1 is 1.14 bits per heavy atom. The number of halogens is 1. The van der Waals surface area contributed by atoms with Crippen molar-refractivity contribution in [1.29, 1.82) is 0 Å². The predicted octanol–water partition coefficient (Wildman–Crippen LogP) is 3.00. The van der Waals surface area contributed by atoms with Crippen LogP contribution in [-0.2, 0) is 16.6 Å². The van der Waals surface area contributed by atoms with Gasteiger partial charge in [-0.1, -0.05) is 30.7 Å². The molecule has 2 heterocycles. The molecule has 0 saturated carbocycles. The van der Waals surface area contributed by atoms with Crippen LogP contribution in [0, 0.1) is 0 Å². The summed E-state index contributed by atoms with van der Waals surface area (Å²) in [7, 11) is -1.33.